The maximum Gasteiger partial charge on any atom is 0.267 e. The van der Waals surface area contributed by atoms with Crippen LogP contribution in [-0.2, 0) is 32.5 Å². The third kappa shape index (κ3) is 3.17. The highest BCUT2D eigenvalue weighted by molar-refractivity contribution is 7.92. The normalized spacial score (nSPS) is 17.8. The Bertz CT molecular complexity index is 803. The zero-order valence-corrected chi connectivity index (χ0v) is 14.6. The van der Waals surface area contributed by atoms with E-state index in [0.717, 1.165) is 5.56 Å². The number of ether oxygens (including phenoxy) is 2. The number of fused-ring (bicyclic) bond motifs is 1. The Morgan fingerprint density at radius 3 is 2.83 bits per heavy atom. The van der Waals surface area contributed by atoms with Crippen LogP contribution in [-0.4, -0.2) is 51.7 Å². The molecule has 0 fully saturated rings. The van der Waals surface area contributed by atoms with Gasteiger partial charge in [-0.15, -0.1) is 0 Å². The van der Waals surface area contributed by atoms with Gasteiger partial charge in [0.25, 0.3) is 10.0 Å². The second-order valence-corrected chi connectivity index (χ2v) is 7.52. The minimum absolute atomic E-state index is 0.168. The molecule has 8 heteroatoms. The molecule has 0 saturated heterocycles. The van der Waals surface area contributed by atoms with Crippen LogP contribution in [0.25, 0.3) is 0 Å². The van der Waals surface area contributed by atoms with Crippen LogP contribution in [0.3, 0.4) is 0 Å². The van der Waals surface area contributed by atoms with Gasteiger partial charge in [0.15, 0.2) is 0 Å². The number of para-hydroxylation sites is 1. The molecule has 0 radical (unpaired) electrons. The minimum Gasteiger partial charge on any atom is -0.383 e. The van der Waals surface area contributed by atoms with E-state index in [2.05, 4.69) is 5.10 Å². The van der Waals surface area contributed by atoms with Gasteiger partial charge in [-0.3, -0.25) is 8.99 Å². The van der Waals surface area contributed by atoms with Gasteiger partial charge in [0.2, 0.25) is 0 Å². The van der Waals surface area contributed by atoms with Crippen LogP contribution in [0.2, 0.25) is 0 Å². The van der Waals surface area contributed by atoms with Gasteiger partial charge in [-0.1, -0.05) is 18.2 Å². The summed E-state index contributed by atoms with van der Waals surface area (Å²) >= 11 is 0. The number of hydrogen-bond acceptors (Lipinski definition) is 5. The summed E-state index contributed by atoms with van der Waals surface area (Å²) in [4.78, 5) is 0.171. The van der Waals surface area contributed by atoms with Crippen LogP contribution < -0.4 is 4.31 Å². The molecule has 1 unspecified atom stereocenters. The quantitative estimate of drug-likeness (QED) is 0.784. The summed E-state index contributed by atoms with van der Waals surface area (Å²) in [5, 5.41) is 4.11. The highest BCUT2D eigenvalue weighted by Gasteiger charge is 2.33. The van der Waals surface area contributed by atoms with E-state index in [4.69, 9.17) is 9.47 Å². The molecule has 1 aromatic heterocycles. The SMILES string of the molecule is COCCn1cc(S(=O)(=O)N2CC(OC)Cc3ccccc32)cn1. The lowest BCUT2D eigenvalue weighted by molar-refractivity contribution is 0.108. The van der Waals surface area contributed by atoms with E-state index in [1.165, 1.54) is 16.7 Å². The summed E-state index contributed by atoms with van der Waals surface area (Å²) in [7, 11) is -0.496. The van der Waals surface area contributed by atoms with Gasteiger partial charge in [0.05, 0.1) is 37.7 Å². The maximum absolute atomic E-state index is 13.1. The van der Waals surface area contributed by atoms with Crippen LogP contribution in [0.5, 0.6) is 0 Å². The summed E-state index contributed by atoms with van der Waals surface area (Å²) in [5.41, 5.74) is 1.67. The van der Waals surface area contributed by atoms with Gasteiger partial charge in [-0.2, -0.15) is 5.10 Å². The predicted molar refractivity (Wildman–Crippen MR) is 89.6 cm³/mol. The van der Waals surface area contributed by atoms with Crippen molar-refractivity contribution in [3.63, 3.8) is 0 Å². The topological polar surface area (TPSA) is 73.7 Å². The lowest BCUT2D eigenvalue weighted by Gasteiger charge is -2.34. The van der Waals surface area contributed by atoms with Crippen molar-refractivity contribution in [3.8, 4) is 0 Å². The van der Waals surface area contributed by atoms with Crippen LogP contribution in [0.15, 0.2) is 41.6 Å². The van der Waals surface area contributed by atoms with Crippen LogP contribution in [0.1, 0.15) is 5.56 Å². The zero-order valence-electron chi connectivity index (χ0n) is 13.8. The molecular formula is C16H21N3O4S. The second kappa shape index (κ2) is 6.92. The molecule has 0 amide bonds. The molecule has 2 heterocycles. The fraction of sp³-hybridized carbons (Fsp3) is 0.438. The molecule has 1 atom stereocenters. The lowest BCUT2D eigenvalue weighted by atomic mass is 10.0. The van der Waals surface area contributed by atoms with Gasteiger partial charge >= 0.3 is 0 Å². The molecule has 0 saturated carbocycles. The first kappa shape index (κ1) is 16.9. The Balaban J connectivity index is 1.95. The first-order valence-electron chi connectivity index (χ1n) is 7.71. The third-order valence-corrected chi connectivity index (χ3v) is 5.87. The van der Waals surface area contributed by atoms with Crippen molar-refractivity contribution < 1.29 is 17.9 Å². The van der Waals surface area contributed by atoms with Crippen molar-refractivity contribution in [3.05, 3.63) is 42.2 Å². The molecule has 0 aliphatic carbocycles. The molecule has 1 aliphatic rings. The minimum atomic E-state index is -3.69. The standard InChI is InChI=1S/C16H21N3O4S/c1-22-8-7-18-12-15(10-17-18)24(20,21)19-11-14(23-2)9-13-5-3-4-6-16(13)19/h3-6,10,12,14H,7-9,11H2,1-2H3. The second-order valence-electron chi connectivity index (χ2n) is 5.66. The number of benzene rings is 1. The molecule has 24 heavy (non-hydrogen) atoms. The Morgan fingerprint density at radius 1 is 1.29 bits per heavy atom. The zero-order chi connectivity index (χ0) is 17.2. The van der Waals surface area contributed by atoms with Crippen molar-refractivity contribution in [1.29, 1.82) is 0 Å². The van der Waals surface area contributed by atoms with Crippen molar-refractivity contribution in [1.82, 2.24) is 9.78 Å². The number of anilines is 1. The summed E-state index contributed by atoms with van der Waals surface area (Å²) in [6.45, 7) is 1.27. The average molecular weight is 351 g/mol. The summed E-state index contributed by atoms with van der Waals surface area (Å²) < 4.78 is 39.6. The van der Waals surface area contributed by atoms with Crippen LogP contribution in [0.4, 0.5) is 5.69 Å². The van der Waals surface area contributed by atoms with E-state index in [-0.39, 0.29) is 11.0 Å². The largest absolute Gasteiger partial charge is 0.383 e. The van der Waals surface area contributed by atoms with E-state index < -0.39 is 10.0 Å². The lowest BCUT2D eigenvalue weighted by Crippen LogP contribution is -2.43. The van der Waals surface area contributed by atoms with Crippen molar-refractivity contribution in [2.24, 2.45) is 0 Å². The Morgan fingerprint density at radius 2 is 2.08 bits per heavy atom. The molecule has 0 bridgehead atoms. The molecule has 1 aliphatic heterocycles. The number of rotatable bonds is 6. The van der Waals surface area contributed by atoms with Gasteiger partial charge in [0, 0.05) is 26.8 Å². The van der Waals surface area contributed by atoms with E-state index in [1.807, 2.05) is 24.3 Å². The van der Waals surface area contributed by atoms with E-state index in [1.54, 1.807) is 18.9 Å². The van der Waals surface area contributed by atoms with Gasteiger partial charge < -0.3 is 9.47 Å². The maximum atomic E-state index is 13.1. The third-order valence-electron chi connectivity index (χ3n) is 4.13. The van der Waals surface area contributed by atoms with Gasteiger partial charge in [-0.05, 0) is 11.6 Å². The highest BCUT2D eigenvalue weighted by Crippen LogP contribution is 2.32. The fourth-order valence-corrected chi connectivity index (χ4v) is 4.31. The first-order chi connectivity index (χ1) is 11.6. The smallest absolute Gasteiger partial charge is 0.267 e. The molecule has 0 N–H and O–H groups in total. The molecule has 3 rings (SSSR count). The molecule has 7 nitrogen and oxygen atoms in total. The Hall–Kier alpha value is -1.90. The highest BCUT2D eigenvalue weighted by atomic mass is 32.2. The Labute approximate surface area is 141 Å². The van der Waals surface area contributed by atoms with E-state index in [0.29, 0.717) is 31.8 Å². The van der Waals surface area contributed by atoms with E-state index in [9.17, 15) is 8.42 Å². The molecule has 2 aromatic rings. The monoisotopic (exact) mass is 351 g/mol. The number of hydrogen-bond donors (Lipinski definition) is 0. The summed E-state index contributed by atoms with van der Waals surface area (Å²) in [6.07, 6.45) is 3.45. The van der Waals surface area contributed by atoms with Crippen molar-refractivity contribution >= 4 is 15.7 Å². The summed E-state index contributed by atoms with van der Waals surface area (Å²) in [6, 6.07) is 7.51. The number of sulfonamides is 1. The van der Waals surface area contributed by atoms with Crippen molar-refractivity contribution in [2.45, 2.75) is 24.0 Å². The van der Waals surface area contributed by atoms with Crippen LogP contribution in [0, 0.1) is 0 Å². The summed E-state index contributed by atoms with van der Waals surface area (Å²) in [5.74, 6) is 0. The van der Waals surface area contributed by atoms with Gasteiger partial charge in [-0.25, -0.2) is 8.42 Å². The number of methoxy groups -OCH3 is 2. The van der Waals surface area contributed by atoms with E-state index >= 15 is 0 Å². The molecule has 1 aromatic carbocycles. The number of aromatic nitrogens is 2. The molecular weight excluding hydrogens is 330 g/mol. The average Bonchev–Trinajstić information content (AvgIpc) is 3.08. The number of nitrogens with zero attached hydrogens (tertiary/aromatic N) is 3. The Kier molecular flexibility index (Phi) is 4.88. The van der Waals surface area contributed by atoms with Crippen molar-refractivity contribution in [2.75, 3.05) is 31.7 Å². The first-order valence-corrected chi connectivity index (χ1v) is 9.15. The molecule has 0 spiro atoms. The fourth-order valence-electron chi connectivity index (χ4n) is 2.82. The van der Waals surface area contributed by atoms with Crippen LogP contribution >= 0.6 is 0 Å². The predicted octanol–water partition coefficient (Wildman–Crippen LogP) is 1.30. The molecule has 130 valence electrons. The van der Waals surface area contributed by atoms with Gasteiger partial charge in [0.1, 0.15) is 4.90 Å².